The molecule has 0 unspecified atom stereocenters. The standard InChI is InChI=1S/C46H72O8Si2/c1-30(2)55(31(3)4,32(5)6)54-39-26-35-28-46(49-14)43(48)33(7)25-40(53-46)45(12,13)41(52-42(47)27-38(51-35)34(39)8)29-50-56(44(9,10)11,36-21-17-15-18-22-36)37-23-19-16-20-24-37/h15-24,30-35,38-41H,25-29H2,1-14H3/t33-,34+,35+,38+,39+,40-,41-,46-/m1/s1. The van der Waals surface area contributed by atoms with Gasteiger partial charge in [-0.3, -0.25) is 9.59 Å². The second-order valence-electron chi connectivity index (χ2n) is 19.6. The highest BCUT2D eigenvalue weighted by Gasteiger charge is 2.58. The predicted molar refractivity (Wildman–Crippen MR) is 228 cm³/mol. The summed E-state index contributed by atoms with van der Waals surface area (Å²) in [6, 6.07) is 21.0. The Morgan fingerprint density at radius 3 is 1.86 bits per heavy atom. The average molecular weight is 809 g/mol. The van der Waals surface area contributed by atoms with Crippen LogP contribution in [0.3, 0.4) is 0 Å². The number of ketones is 1. The van der Waals surface area contributed by atoms with Crippen LogP contribution in [0.5, 0.6) is 0 Å². The molecule has 0 aromatic heterocycles. The summed E-state index contributed by atoms with van der Waals surface area (Å²) in [7, 11) is -3.75. The lowest BCUT2D eigenvalue weighted by atomic mass is 9.73. The number of hydrogen-bond acceptors (Lipinski definition) is 8. The van der Waals surface area contributed by atoms with Gasteiger partial charge in [0.05, 0.1) is 37.4 Å². The second kappa shape index (κ2) is 17.2. The van der Waals surface area contributed by atoms with Crippen molar-refractivity contribution in [2.24, 2.45) is 17.3 Å². The van der Waals surface area contributed by atoms with Crippen LogP contribution >= 0.6 is 0 Å². The van der Waals surface area contributed by atoms with Gasteiger partial charge in [0, 0.05) is 30.8 Å². The van der Waals surface area contributed by atoms with Crippen LogP contribution < -0.4 is 10.4 Å². The van der Waals surface area contributed by atoms with E-state index < -0.39 is 52.3 Å². The Labute approximate surface area is 340 Å². The zero-order valence-electron chi connectivity index (χ0n) is 36.8. The quantitative estimate of drug-likeness (QED) is 0.164. The van der Waals surface area contributed by atoms with Crippen molar-refractivity contribution in [2.75, 3.05) is 13.7 Å². The number of rotatable bonds is 11. The molecular weight excluding hydrogens is 737 g/mol. The molecule has 312 valence electrons. The number of benzene rings is 2. The van der Waals surface area contributed by atoms with Crippen LogP contribution in [-0.2, 0) is 37.4 Å². The van der Waals surface area contributed by atoms with Gasteiger partial charge < -0.3 is 27.8 Å². The van der Waals surface area contributed by atoms with Crippen molar-refractivity contribution < 1.29 is 37.4 Å². The van der Waals surface area contributed by atoms with Crippen LogP contribution in [0, 0.1) is 17.3 Å². The maximum Gasteiger partial charge on any atom is 0.308 e. The van der Waals surface area contributed by atoms with Crippen molar-refractivity contribution in [1.82, 2.24) is 0 Å². The lowest BCUT2D eigenvalue weighted by Gasteiger charge is -2.52. The number of fused-ring (bicyclic) bond motifs is 4. The monoisotopic (exact) mass is 808 g/mol. The summed E-state index contributed by atoms with van der Waals surface area (Å²) in [4.78, 5) is 28.7. The summed E-state index contributed by atoms with van der Waals surface area (Å²) in [5.41, 5.74) is 0.402. The van der Waals surface area contributed by atoms with Crippen molar-refractivity contribution in [3.63, 3.8) is 0 Å². The first-order chi connectivity index (χ1) is 26.2. The van der Waals surface area contributed by atoms with E-state index in [1.807, 2.05) is 19.1 Å². The average Bonchev–Trinajstić information content (AvgIpc) is 3.13. The van der Waals surface area contributed by atoms with Crippen LogP contribution in [0.4, 0.5) is 0 Å². The molecule has 0 aliphatic carbocycles. The van der Waals surface area contributed by atoms with Gasteiger partial charge >= 0.3 is 5.97 Å². The molecule has 8 nitrogen and oxygen atoms in total. The van der Waals surface area contributed by atoms with Crippen molar-refractivity contribution in [1.29, 1.82) is 0 Å². The Morgan fingerprint density at radius 2 is 1.38 bits per heavy atom. The third-order valence-electron chi connectivity index (χ3n) is 13.8. The van der Waals surface area contributed by atoms with Crippen LogP contribution in [0.2, 0.25) is 21.7 Å². The Morgan fingerprint density at radius 1 is 0.839 bits per heavy atom. The van der Waals surface area contributed by atoms with Gasteiger partial charge in [-0.15, -0.1) is 0 Å². The highest BCUT2D eigenvalue weighted by molar-refractivity contribution is 6.99. The summed E-state index contributed by atoms with van der Waals surface area (Å²) in [5, 5.41) is 2.01. The normalized spacial score (nSPS) is 30.6. The van der Waals surface area contributed by atoms with E-state index in [1.165, 1.54) is 0 Å². The highest BCUT2D eigenvalue weighted by Crippen LogP contribution is 2.49. The van der Waals surface area contributed by atoms with E-state index in [0.29, 0.717) is 29.5 Å². The van der Waals surface area contributed by atoms with E-state index in [-0.39, 0.29) is 54.2 Å². The van der Waals surface area contributed by atoms with Crippen molar-refractivity contribution >= 4 is 38.8 Å². The van der Waals surface area contributed by atoms with E-state index >= 15 is 0 Å². The van der Waals surface area contributed by atoms with E-state index in [9.17, 15) is 9.59 Å². The van der Waals surface area contributed by atoms with Gasteiger partial charge in [0.2, 0.25) is 14.1 Å². The molecule has 0 spiro atoms. The summed E-state index contributed by atoms with van der Waals surface area (Å²) in [6.45, 7) is 28.9. The Hall–Kier alpha value is -2.19. The molecule has 56 heavy (non-hydrogen) atoms. The lowest BCUT2D eigenvalue weighted by Crippen LogP contribution is -2.68. The minimum atomic E-state index is -3.01. The van der Waals surface area contributed by atoms with Gasteiger partial charge in [-0.05, 0) is 44.9 Å². The van der Waals surface area contributed by atoms with Crippen LogP contribution in [-0.4, -0.2) is 78.4 Å². The second-order valence-corrected chi connectivity index (χ2v) is 29.3. The third kappa shape index (κ3) is 8.32. The minimum absolute atomic E-state index is 0.0682. The number of ether oxygens (including phenoxy) is 4. The van der Waals surface area contributed by atoms with Crippen molar-refractivity contribution in [2.45, 2.75) is 174 Å². The van der Waals surface area contributed by atoms with E-state index in [1.54, 1.807) is 7.11 Å². The molecule has 0 amide bonds. The topological polar surface area (TPSA) is 89.5 Å². The Bertz CT molecular complexity index is 1560. The number of hydrogen-bond donors (Lipinski definition) is 0. The largest absolute Gasteiger partial charge is 0.459 e. The summed E-state index contributed by atoms with van der Waals surface area (Å²) in [6.07, 6.45) is -0.910. The smallest absolute Gasteiger partial charge is 0.308 e. The number of methoxy groups -OCH3 is 1. The van der Waals surface area contributed by atoms with Gasteiger partial charge in [-0.25, -0.2) is 0 Å². The maximum atomic E-state index is 14.4. The number of esters is 1. The number of cyclic esters (lactones) is 1. The molecule has 8 atom stereocenters. The first-order valence-electron chi connectivity index (χ1n) is 21.2. The molecule has 3 aliphatic heterocycles. The fourth-order valence-corrected chi connectivity index (χ4v) is 20.8. The van der Waals surface area contributed by atoms with E-state index in [2.05, 4.69) is 132 Å². The molecule has 3 heterocycles. The molecule has 2 aromatic carbocycles. The fraction of sp³-hybridized carbons (Fsp3) is 0.696. The molecule has 3 fully saturated rings. The molecule has 0 N–H and O–H groups in total. The molecular formula is C46H72O8Si2. The first kappa shape index (κ1) is 44.9. The molecule has 2 aromatic rings. The zero-order chi connectivity index (χ0) is 41.4. The summed E-state index contributed by atoms with van der Waals surface area (Å²) in [5.74, 6) is -2.36. The molecule has 4 bridgehead atoms. The summed E-state index contributed by atoms with van der Waals surface area (Å²) < 4.78 is 41.6. The Balaban J connectivity index is 1.59. The molecule has 3 aliphatic rings. The fourth-order valence-electron chi connectivity index (χ4n) is 10.5. The minimum Gasteiger partial charge on any atom is -0.459 e. The van der Waals surface area contributed by atoms with Gasteiger partial charge in [-0.2, -0.15) is 0 Å². The predicted octanol–water partition coefficient (Wildman–Crippen LogP) is 8.99. The number of carbonyl (C=O) groups is 2. The van der Waals surface area contributed by atoms with Crippen LogP contribution in [0.25, 0.3) is 0 Å². The van der Waals surface area contributed by atoms with Crippen LogP contribution in [0.15, 0.2) is 60.7 Å². The van der Waals surface area contributed by atoms with Crippen molar-refractivity contribution in [3.8, 4) is 0 Å². The molecule has 10 heteroatoms. The summed E-state index contributed by atoms with van der Waals surface area (Å²) >= 11 is 0. The molecule has 3 saturated heterocycles. The lowest BCUT2D eigenvalue weighted by molar-refractivity contribution is -0.294. The van der Waals surface area contributed by atoms with Crippen LogP contribution in [0.1, 0.15) is 116 Å². The van der Waals surface area contributed by atoms with Gasteiger partial charge in [0.25, 0.3) is 8.32 Å². The van der Waals surface area contributed by atoms with E-state index in [4.69, 9.17) is 27.8 Å². The van der Waals surface area contributed by atoms with Gasteiger partial charge in [0.15, 0.2) is 5.78 Å². The third-order valence-corrected chi connectivity index (χ3v) is 24.9. The zero-order valence-corrected chi connectivity index (χ0v) is 38.8. The van der Waals surface area contributed by atoms with Gasteiger partial charge in [0.1, 0.15) is 6.10 Å². The molecule has 0 saturated carbocycles. The SMILES string of the molecule is CO[C@@]12C[C@@H]3C[C@H](O[Si](C(C)C)(C(C)C)C(C)C)[C@@H](C)[C@H](CC(=O)O[C@H](CO[Si](c4ccccc4)(c4ccccc4)C(C)(C)C)C(C)(C)[C@@H](C[C@@H](C)C1=O)O2)O3. The number of Topliss-reactive ketones (excluding diaryl/α,β-unsaturated/α-hetero) is 1. The maximum absolute atomic E-state index is 14.4. The van der Waals surface area contributed by atoms with E-state index in [0.717, 1.165) is 10.4 Å². The van der Waals surface area contributed by atoms with Gasteiger partial charge in [-0.1, -0.05) is 151 Å². The highest BCUT2D eigenvalue weighted by atomic mass is 28.4. The Kier molecular flexibility index (Phi) is 13.8. The number of carbonyl (C=O) groups excluding carboxylic acids is 2. The van der Waals surface area contributed by atoms with Crippen molar-refractivity contribution in [3.05, 3.63) is 60.7 Å². The first-order valence-corrected chi connectivity index (χ1v) is 25.3. The molecule has 0 radical (unpaired) electrons. The molecule has 5 rings (SSSR count).